The molecule has 2 nitrogen and oxygen atoms in total. The fourth-order valence-electron chi connectivity index (χ4n) is 6.59. The van der Waals surface area contributed by atoms with Crippen LogP contribution in [0.15, 0.2) is 30.6 Å². The highest BCUT2D eigenvalue weighted by Gasteiger charge is 2.21. The van der Waals surface area contributed by atoms with Crippen LogP contribution in [0.4, 0.5) is 0 Å². The van der Waals surface area contributed by atoms with Gasteiger partial charge in [0.1, 0.15) is 5.82 Å². The van der Waals surface area contributed by atoms with Gasteiger partial charge in [0.25, 0.3) is 0 Å². The van der Waals surface area contributed by atoms with Gasteiger partial charge in [-0.05, 0) is 54.7 Å². The molecule has 0 aliphatic heterocycles. The first-order chi connectivity index (χ1) is 19.2. The van der Waals surface area contributed by atoms with Gasteiger partial charge in [0, 0.05) is 24.4 Å². The number of aromatic nitrogens is 2. The molecule has 0 radical (unpaired) electrons. The Morgan fingerprint density at radius 3 is 1.72 bits per heavy atom. The molecule has 1 aliphatic rings. The van der Waals surface area contributed by atoms with Crippen LogP contribution in [0.25, 0.3) is 11.1 Å². The molecule has 1 aromatic heterocycles. The molecule has 0 saturated heterocycles. The summed E-state index contributed by atoms with van der Waals surface area (Å²) >= 11 is 0. The van der Waals surface area contributed by atoms with E-state index in [1.54, 1.807) is 0 Å². The zero-order valence-corrected chi connectivity index (χ0v) is 26.0. The van der Waals surface area contributed by atoms with Crippen molar-refractivity contribution >= 4 is 0 Å². The predicted molar refractivity (Wildman–Crippen MR) is 170 cm³/mol. The number of hydrogen-bond donors (Lipinski definition) is 0. The summed E-state index contributed by atoms with van der Waals surface area (Å²) in [5, 5.41) is 0. The van der Waals surface area contributed by atoms with Gasteiger partial charge in [-0.25, -0.2) is 9.97 Å². The van der Waals surface area contributed by atoms with E-state index in [1.807, 2.05) is 12.4 Å². The standard InChI is InChI=1S/C37H60N2/c1-4-6-8-10-12-14-16-18-32-20-22-33(23-21-32)24-25-34-26-27-35(28-31(34)3)36-29-38-37(39-30-36)19-17-15-13-11-9-7-5-2/h26-30,32-33H,4-25H2,1-3H3/t32-,33-. The zero-order valence-electron chi connectivity index (χ0n) is 26.0. The van der Waals surface area contributed by atoms with Crippen LogP contribution >= 0.6 is 0 Å². The van der Waals surface area contributed by atoms with Crippen LogP contribution in [0.5, 0.6) is 0 Å². The summed E-state index contributed by atoms with van der Waals surface area (Å²) in [5.41, 5.74) is 5.35. The van der Waals surface area contributed by atoms with Crippen LogP contribution in [-0.4, -0.2) is 9.97 Å². The lowest BCUT2D eigenvalue weighted by Crippen LogP contribution is -2.15. The molecule has 218 valence electrons. The summed E-state index contributed by atoms with van der Waals surface area (Å²) in [6, 6.07) is 7.00. The van der Waals surface area contributed by atoms with Gasteiger partial charge >= 0.3 is 0 Å². The Balaban J connectivity index is 1.32. The first-order valence-electron chi connectivity index (χ1n) is 17.1. The summed E-state index contributed by atoms with van der Waals surface area (Å²) in [6.07, 6.45) is 34.5. The SMILES string of the molecule is CCCCCCCCCc1ncc(-c2ccc(CC[C@H]3CC[C@H](CCCCCCCCC)CC3)c(C)c2)cn1. The molecule has 2 heteroatoms. The van der Waals surface area contributed by atoms with E-state index in [-0.39, 0.29) is 0 Å². The topological polar surface area (TPSA) is 25.8 Å². The lowest BCUT2D eigenvalue weighted by atomic mass is 9.77. The van der Waals surface area contributed by atoms with Crippen molar-refractivity contribution in [2.24, 2.45) is 11.8 Å². The lowest BCUT2D eigenvalue weighted by Gasteiger charge is -2.28. The molecule has 0 bridgehead atoms. The zero-order chi connectivity index (χ0) is 27.5. The number of benzene rings is 1. The third-order valence-electron chi connectivity index (χ3n) is 9.39. The lowest BCUT2D eigenvalue weighted by molar-refractivity contribution is 0.248. The molecule has 0 N–H and O–H groups in total. The molecule has 1 aromatic carbocycles. The summed E-state index contributed by atoms with van der Waals surface area (Å²) in [6.45, 7) is 6.87. The molecule has 39 heavy (non-hydrogen) atoms. The number of hydrogen-bond acceptors (Lipinski definition) is 2. The maximum Gasteiger partial charge on any atom is 0.128 e. The fraction of sp³-hybridized carbons (Fsp3) is 0.730. The van der Waals surface area contributed by atoms with Crippen molar-refractivity contribution in [2.45, 2.75) is 162 Å². The van der Waals surface area contributed by atoms with E-state index in [1.165, 1.54) is 152 Å². The number of nitrogens with zero attached hydrogens (tertiary/aromatic N) is 2. The van der Waals surface area contributed by atoms with E-state index < -0.39 is 0 Å². The molecule has 3 rings (SSSR count). The highest BCUT2D eigenvalue weighted by atomic mass is 14.9. The fourth-order valence-corrected chi connectivity index (χ4v) is 6.59. The first-order valence-corrected chi connectivity index (χ1v) is 17.1. The van der Waals surface area contributed by atoms with Gasteiger partial charge in [0.15, 0.2) is 0 Å². The van der Waals surface area contributed by atoms with E-state index in [0.717, 1.165) is 29.6 Å². The van der Waals surface area contributed by atoms with Gasteiger partial charge in [-0.3, -0.25) is 0 Å². The Morgan fingerprint density at radius 2 is 1.13 bits per heavy atom. The average molecular weight is 533 g/mol. The Labute approximate surface area is 242 Å². The molecule has 0 unspecified atom stereocenters. The van der Waals surface area contributed by atoms with E-state index in [4.69, 9.17) is 0 Å². The smallest absolute Gasteiger partial charge is 0.128 e. The van der Waals surface area contributed by atoms with Crippen LogP contribution in [0.3, 0.4) is 0 Å². The molecule has 2 aromatic rings. The predicted octanol–water partition coefficient (Wildman–Crippen LogP) is 11.6. The van der Waals surface area contributed by atoms with Crippen LogP contribution in [0, 0.1) is 18.8 Å². The Kier molecular flexibility index (Phi) is 15.8. The molecule has 1 aliphatic carbocycles. The third-order valence-corrected chi connectivity index (χ3v) is 9.39. The number of rotatable bonds is 20. The quantitative estimate of drug-likeness (QED) is 0.158. The molecular formula is C37H60N2. The summed E-state index contributed by atoms with van der Waals surface area (Å²) in [4.78, 5) is 9.37. The number of unbranched alkanes of at least 4 members (excludes halogenated alkanes) is 12. The Morgan fingerprint density at radius 1 is 0.590 bits per heavy atom. The van der Waals surface area contributed by atoms with Crippen LogP contribution in [0.1, 0.15) is 159 Å². The summed E-state index contributed by atoms with van der Waals surface area (Å²) in [7, 11) is 0. The van der Waals surface area contributed by atoms with Crippen molar-refractivity contribution < 1.29 is 0 Å². The highest BCUT2D eigenvalue weighted by Crippen LogP contribution is 2.35. The van der Waals surface area contributed by atoms with Gasteiger partial charge in [-0.1, -0.05) is 148 Å². The second kappa shape index (κ2) is 19.4. The Bertz CT molecular complexity index is 879. The van der Waals surface area contributed by atoms with Gasteiger partial charge < -0.3 is 0 Å². The molecule has 1 saturated carbocycles. The normalized spacial score (nSPS) is 17.5. The van der Waals surface area contributed by atoms with Crippen molar-refractivity contribution in [1.29, 1.82) is 0 Å². The average Bonchev–Trinajstić information content (AvgIpc) is 2.96. The van der Waals surface area contributed by atoms with Crippen LogP contribution < -0.4 is 0 Å². The minimum atomic E-state index is 0.937. The van der Waals surface area contributed by atoms with E-state index in [9.17, 15) is 0 Å². The van der Waals surface area contributed by atoms with Gasteiger partial charge in [0.05, 0.1) is 0 Å². The Hall–Kier alpha value is -1.70. The van der Waals surface area contributed by atoms with Gasteiger partial charge in [0.2, 0.25) is 0 Å². The van der Waals surface area contributed by atoms with Crippen molar-refractivity contribution in [3.8, 4) is 11.1 Å². The van der Waals surface area contributed by atoms with Crippen molar-refractivity contribution in [3.63, 3.8) is 0 Å². The van der Waals surface area contributed by atoms with Crippen LogP contribution in [0.2, 0.25) is 0 Å². The third kappa shape index (κ3) is 12.6. The number of aryl methyl sites for hydroxylation is 3. The van der Waals surface area contributed by atoms with E-state index >= 15 is 0 Å². The molecule has 0 spiro atoms. The van der Waals surface area contributed by atoms with E-state index in [0.29, 0.717) is 0 Å². The molecule has 0 atom stereocenters. The molecular weight excluding hydrogens is 472 g/mol. The molecule has 0 amide bonds. The van der Waals surface area contributed by atoms with E-state index in [2.05, 4.69) is 48.9 Å². The van der Waals surface area contributed by atoms with Gasteiger partial charge in [-0.15, -0.1) is 0 Å². The summed E-state index contributed by atoms with van der Waals surface area (Å²) < 4.78 is 0. The summed E-state index contributed by atoms with van der Waals surface area (Å²) in [5.74, 6) is 2.95. The second-order valence-corrected chi connectivity index (χ2v) is 12.7. The molecule has 1 fully saturated rings. The largest absolute Gasteiger partial charge is 0.241 e. The highest BCUT2D eigenvalue weighted by molar-refractivity contribution is 5.63. The minimum absolute atomic E-state index is 0.937. The van der Waals surface area contributed by atoms with Crippen molar-refractivity contribution in [2.75, 3.05) is 0 Å². The maximum atomic E-state index is 4.69. The second-order valence-electron chi connectivity index (χ2n) is 12.7. The van der Waals surface area contributed by atoms with Crippen LogP contribution in [-0.2, 0) is 12.8 Å². The maximum absolute atomic E-state index is 4.69. The van der Waals surface area contributed by atoms with Crippen molar-refractivity contribution in [3.05, 3.63) is 47.5 Å². The first kappa shape index (κ1) is 31.8. The minimum Gasteiger partial charge on any atom is -0.241 e. The molecule has 1 heterocycles. The van der Waals surface area contributed by atoms with Crippen molar-refractivity contribution in [1.82, 2.24) is 9.97 Å². The monoisotopic (exact) mass is 532 g/mol. The van der Waals surface area contributed by atoms with Gasteiger partial charge in [-0.2, -0.15) is 0 Å².